The molecule has 1 atom stereocenters. The molecule has 0 aromatic carbocycles. The number of nitrogens with zero attached hydrogens (tertiary/aromatic N) is 2. The fraction of sp³-hybridized carbons (Fsp3) is 0.714. The van der Waals surface area contributed by atoms with Crippen LogP contribution in [-0.4, -0.2) is 28.9 Å². The predicted octanol–water partition coefficient (Wildman–Crippen LogP) is 3.11. The van der Waals surface area contributed by atoms with Crippen LogP contribution < -0.4 is 0 Å². The van der Waals surface area contributed by atoms with Gasteiger partial charge in [-0.05, 0) is 31.1 Å². The van der Waals surface area contributed by atoms with Crippen molar-refractivity contribution >= 4 is 17.2 Å². The van der Waals surface area contributed by atoms with Crippen molar-refractivity contribution in [2.24, 2.45) is 5.41 Å². The van der Waals surface area contributed by atoms with E-state index in [1.54, 1.807) is 11.3 Å². The Kier molecular flexibility index (Phi) is 4.38. The standard InChI is InChI=1S/C14H22N2OS/c1-3-14(2)7-4-8-16(10-14)13(17)6-5-12-9-15-11-18-12/h9,11H,3-8,10H2,1-2H3. The molecule has 1 amide bonds. The van der Waals surface area contributed by atoms with Crippen LogP contribution in [0.3, 0.4) is 0 Å². The summed E-state index contributed by atoms with van der Waals surface area (Å²) in [5.41, 5.74) is 2.16. The number of thiazole rings is 1. The minimum Gasteiger partial charge on any atom is -0.342 e. The quantitative estimate of drug-likeness (QED) is 0.839. The van der Waals surface area contributed by atoms with Gasteiger partial charge in [0, 0.05) is 30.6 Å². The summed E-state index contributed by atoms with van der Waals surface area (Å²) < 4.78 is 0. The fourth-order valence-corrected chi connectivity index (χ4v) is 3.17. The monoisotopic (exact) mass is 266 g/mol. The molecule has 2 rings (SSSR count). The third-order valence-electron chi connectivity index (χ3n) is 4.06. The smallest absolute Gasteiger partial charge is 0.222 e. The minimum atomic E-state index is 0.308. The van der Waals surface area contributed by atoms with Crippen molar-refractivity contribution in [2.45, 2.75) is 46.0 Å². The molecule has 18 heavy (non-hydrogen) atoms. The predicted molar refractivity (Wildman–Crippen MR) is 74.6 cm³/mol. The van der Waals surface area contributed by atoms with Gasteiger partial charge in [0.1, 0.15) is 0 Å². The van der Waals surface area contributed by atoms with Gasteiger partial charge in [-0.25, -0.2) is 0 Å². The number of likely N-dealkylation sites (tertiary alicyclic amines) is 1. The zero-order valence-electron chi connectivity index (χ0n) is 11.3. The highest BCUT2D eigenvalue weighted by Crippen LogP contribution is 2.32. The first kappa shape index (κ1) is 13.5. The van der Waals surface area contributed by atoms with Gasteiger partial charge in [0.2, 0.25) is 5.91 Å². The van der Waals surface area contributed by atoms with Crippen LogP contribution in [0.25, 0.3) is 0 Å². The van der Waals surface area contributed by atoms with Crippen LogP contribution in [-0.2, 0) is 11.2 Å². The number of rotatable bonds is 4. The Hall–Kier alpha value is -0.900. The van der Waals surface area contributed by atoms with Crippen molar-refractivity contribution in [3.63, 3.8) is 0 Å². The van der Waals surface area contributed by atoms with Crippen molar-refractivity contribution in [1.29, 1.82) is 0 Å². The fourth-order valence-electron chi connectivity index (χ4n) is 2.57. The van der Waals surface area contributed by atoms with Crippen LogP contribution in [0.5, 0.6) is 0 Å². The number of hydrogen-bond donors (Lipinski definition) is 0. The molecule has 2 heterocycles. The van der Waals surface area contributed by atoms with Crippen molar-refractivity contribution in [3.05, 3.63) is 16.6 Å². The van der Waals surface area contributed by atoms with E-state index in [0.29, 0.717) is 17.7 Å². The van der Waals surface area contributed by atoms with E-state index in [0.717, 1.165) is 32.4 Å². The van der Waals surface area contributed by atoms with Crippen LogP contribution in [0.4, 0.5) is 0 Å². The maximum Gasteiger partial charge on any atom is 0.222 e. The number of carbonyl (C=O) groups excluding carboxylic acids is 1. The molecule has 1 unspecified atom stereocenters. The molecule has 1 aliphatic heterocycles. The lowest BCUT2D eigenvalue weighted by Crippen LogP contribution is -2.44. The Morgan fingerprint density at radius 1 is 1.61 bits per heavy atom. The van der Waals surface area contributed by atoms with Gasteiger partial charge in [-0.1, -0.05) is 13.8 Å². The van der Waals surface area contributed by atoms with Gasteiger partial charge < -0.3 is 4.90 Å². The van der Waals surface area contributed by atoms with Crippen LogP contribution >= 0.6 is 11.3 Å². The summed E-state index contributed by atoms with van der Waals surface area (Å²) in [5.74, 6) is 0.308. The third-order valence-corrected chi connectivity index (χ3v) is 4.90. The molecule has 1 saturated heterocycles. The van der Waals surface area contributed by atoms with Gasteiger partial charge in [-0.2, -0.15) is 0 Å². The average molecular weight is 266 g/mol. The maximum atomic E-state index is 12.2. The lowest BCUT2D eigenvalue weighted by Gasteiger charge is -2.40. The van der Waals surface area contributed by atoms with Crippen molar-refractivity contribution < 1.29 is 4.79 Å². The number of amides is 1. The molecular weight excluding hydrogens is 244 g/mol. The second-order valence-corrected chi connectivity index (χ2v) is 6.52. The van der Waals surface area contributed by atoms with Crippen LogP contribution in [0.15, 0.2) is 11.7 Å². The molecule has 0 N–H and O–H groups in total. The van der Waals surface area contributed by atoms with Crippen LogP contribution in [0.1, 0.15) is 44.4 Å². The van der Waals surface area contributed by atoms with E-state index in [9.17, 15) is 4.79 Å². The summed E-state index contributed by atoms with van der Waals surface area (Å²) in [6.45, 7) is 6.41. The SMILES string of the molecule is CCC1(C)CCCN(C(=O)CCc2cncs2)C1. The molecule has 4 heteroatoms. The maximum absolute atomic E-state index is 12.2. The van der Waals surface area contributed by atoms with Gasteiger partial charge in [-0.3, -0.25) is 9.78 Å². The van der Waals surface area contributed by atoms with Gasteiger partial charge >= 0.3 is 0 Å². The van der Waals surface area contributed by atoms with E-state index in [4.69, 9.17) is 0 Å². The lowest BCUT2D eigenvalue weighted by molar-refractivity contribution is -0.134. The second kappa shape index (κ2) is 5.83. The van der Waals surface area contributed by atoms with Crippen molar-refractivity contribution in [3.8, 4) is 0 Å². The molecule has 1 aromatic heterocycles. The molecule has 100 valence electrons. The molecule has 0 spiro atoms. The molecule has 1 aromatic rings. The second-order valence-electron chi connectivity index (χ2n) is 5.55. The van der Waals surface area contributed by atoms with Crippen molar-refractivity contribution in [2.75, 3.05) is 13.1 Å². The van der Waals surface area contributed by atoms with Gasteiger partial charge in [0.15, 0.2) is 0 Å². The van der Waals surface area contributed by atoms with Gasteiger partial charge in [-0.15, -0.1) is 11.3 Å². The molecular formula is C14H22N2OS. The first-order chi connectivity index (χ1) is 8.63. The first-order valence-electron chi connectivity index (χ1n) is 6.78. The lowest BCUT2D eigenvalue weighted by atomic mass is 9.79. The number of carbonyl (C=O) groups is 1. The molecule has 1 aliphatic rings. The molecule has 0 aliphatic carbocycles. The van der Waals surface area contributed by atoms with Crippen molar-refractivity contribution in [1.82, 2.24) is 9.88 Å². The van der Waals surface area contributed by atoms with Crippen LogP contribution in [0.2, 0.25) is 0 Å². The number of piperidine rings is 1. The Bertz CT molecular complexity index is 391. The highest BCUT2D eigenvalue weighted by molar-refractivity contribution is 7.09. The Morgan fingerprint density at radius 2 is 2.44 bits per heavy atom. The highest BCUT2D eigenvalue weighted by Gasteiger charge is 2.31. The number of aryl methyl sites for hydroxylation is 1. The summed E-state index contributed by atoms with van der Waals surface area (Å²) >= 11 is 1.63. The zero-order chi connectivity index (χ0) is 13.0. The third kappa shape index (κ3) is 3.31. The molecule has 1 fully saturated rings. The normalized spacial score (nSPS) is 24.2. The van der Waals surface area contributed by atoms with E-state index in [2.05, 4.69) is 23.7 Å². The topological polar surface area (TPSA) is 33.2 Å². The molecule has 0 bridgehead atoms. The minimum absolute atomic E-state index is 0.308. The number of aromatic nitrogens is 1. The van der Waals surface area contributed by atoms with E-state index >= 15 is 0 Å². The molecule has 0 radical (unpaired) electrons. The summed E-state index contributed by atoms with van der Waals surface area (Å²) in [7, 11) is 0. The van der Waals surface area contributed by atoms with E-state index in [1.807, 2.05) is 11.7 Å². The highest BCUT2D eigenvalue weighted by atomic mass is 32.1. The molecule has 3 nitrogen and oxygen atoms in total. The summed E-state index contributed by atoms with van der Waals surface area (Å²) in [4.78, 5) is 19.5. The van der Waals surface area contributed by atoms with Gasteiger partial charge in [0.25, 0.3) is 0 Å². The van der Waals surface area contributed by atoms with E-state index < -0.39 is 0 Å². The summed E-state index contributed by atoms with van der Waals surface area (Å²) in [6.07, 6.45) is 6.89. The molecule has 0 saturated carbocycles. The van der Waals surface area contributed by atoms with Crippen LogP contribution in [0, 0.1) is 5.41 Å². The summed E-state index contributed by atoms with van der Waals surface area (Å²) in [6, 6.07) is 0. The number of hydrogen-bond acceptors (Lipinski definition) is 3. The largest absolute Gasteiger partial charge is 0.342 e. The van der Waals surface area contributed by atoms with E-state index in [-0.39, 0.29) is 0 Å². The Morgan fingerprint density at radius 3 is 3.11 bits per heavy atom. The van der Waals surface area contributed by atoms with Gasteiger partial charge in [0.05, 0.1) is 5.51 Å². The summed E-state index contributed by atoms with van der Waals surface area (Å²) in [5, 5.41) is 0. The van der Waals surface area contributed by atoms with E-state index in [1.165, 1.54) is 11.3 Å². The Labute approximate surface area is 113 Å². The Balaban J connectivity index is 1.85. The zero-order valence-corrected chi connectivity index (χ0v) is 12.1. The average Bonchev–Trinajstić information content (AvgIpc) is 2.89. The first-order valence-corrected chi connectivity index (χ1v) is 7.66.